The number of benzene rings is 1. The molecule has 0 unspecified atom stereocenters. The highest BCUT2D eigenvalue weighted by Crippen LogP contribution is 2.19. The Balaban J connectivity index is 2.16. The molecule has 0 aliphatic rings. The lowest BCUT2D eigenvalue weighted by molar-refractivity contribution is 0.0593. The van der Waals surface area contributed by atoms with Gasteiger partial charge in [0, 0.05) is 5.56 Å². The number of carbonyl (C=O) groups is 2. The van der Waals surface area contributed by atoms with Crippen LogP contribution < -0.4 is 10.5 Å². The molecule has 0 saturated heterocycles. The smallest absolute Gasteiger partial charge is 0.358 e. The average Bonchev–Trinajstić information content (AvgIpc) is 2.47. The molecule has 0 spiro atoms. The predicted molar refractivity (Wildman–Crippen MR) is 68.4 cm³/mol. The molecular weight excluding hydrogens is 262 g/mol. The van der Waals surface area contributed by atoms with E-state index in [1.54, 1.807) is 18.2 Å². The Hall–Kier alpha value is -2.96. The third-order valence-corrected chi connectivity index (χ3v) is 2.36. The van der Waals surface area contributed by atoms with Crippen LogP contribution >= 0.6 is 0 Å². The summed E-state index contributed by atoms with van der Waals surface area (Å²) in [5, 5.41) is 0. The van der Waals surface area contributed by atoms with Gasteiger partial charge in [0.25, 0.3) is 0 Å². The quantitative estimate of drug-likeness (QED) is 0.838. The van der Waals surface area contributed by atoms with E-state index in [0.29, 0.717) is 11.3 Å². The van der Waals surface area contributed by atoms with Crippen molar-refractivity contribution in [3.05, 3.63) is 47.9 Å². The number of carbonyl (C=O) groups excluding carboxylic acids is 2. The average molecular weight is 273 g/mol. The first kappa shape index (κ1) is 13.5. The summed E-state index contributed by atoms with van der Waals surface area (Å²) in [6.45, 7) is 0. The van der Waals surface area contributed by atoms with Gasteiger partial charge in [0.15, 0.2) is 5.69 Å². The first-order valence-electron chi connectivity index (χ1n) is 5.58. The summed E-state index contributed by atoms with van der Waals surface area (Å²) in [6, 6.07) is 6.33. The number of primary amides is 1. The molecular formula is C13H11N3O4. The lowest BCUT2D eigenvalue weighted by atomic mass is 10.2. The Kier molecular flexibility index (Phi) is 3.90. The fourth-order valence-corrected chi connectivity index (χ4v) is 1.41. The zero-order valence-electron chi connectivity index (χ0n) is 10.6. The van der Waals surface area contributed by atoms with E-state index in [2.05, 4.69) is 14.7 Å². The molecule has 7 heteroatoms. The first-order chi connectivity index (χ1) is 9.60. The molecule has 0 aliphatic heterocycles. The van der Waals surface area contributed by atoms with Gasteiger partial charge in [0.05, 0.1) is 19.5 Å². The molecule has 20 heavy (non-hydrogen) atoms. The second kappa shape index (κ2) is 5.79. The summed E-state index contributed by atoms with van der Waals surface area (Å²) in [6.07, 6.45) is 2.52. The van der Waals surface area contributed by atoms with Gasteiger partial charge >= 0.3 is 5.97 Å². The number of ether oxygens (including phenoxy) is 2. The van der Waals surface area contributed by atoms with E-state index in [1.807, 2.05) is 0 Å². The molecule has 0 fully saturated rings. The lowest BCUT2D eigenvalue weighted by Crippen LogP contribution is -2.10. The molecule has 1 heterocycles. The van der Waals surface area contributed by atoms with Crippen LogP contribution in [0.2, 0.25) is 0 Å². The van der Waals surface area contributed by atoms with Crippen LogP contribution in [0.3, 0.4) is 0 Å². The molecule has 0 bridgehead atoms. The Bertz CT molecular complexity index is 640. The van der Waals surface area contributed by atoms with Crippen molar-refractivity contribution in [2.45, 2.75) is 0 Å². The van der Waals surface area contributed by atoms with E-state index < -0.39 is 11.9 Å². The molecule has 0 saturated carbocycles. The fraction of sp³-hybridized carbons (Fsp3) is 0.0769. The molecule has 0 radical (unpaired) electrons. The second-order valence-corrected chi connectivity index (χ2v) is 3.73. The summed E-state index contributed by atoms with van der Waals surface area (Å²) in [5.41, 5.74) is 5.57. The van der Waals surface area contributed by atoms with Crippen LogP contribution in [0.25, 0.3) is 0 Å². The normalized spacial score (nSPS) is 9.85. The van der Waals surface area contributed by atoms with Crippen molar-refractivity contribution in [2.24, 2.45) is 5.73 Å². The van der Waals surface area contributed by atoms with Crippen LogP contribution in [0.1, 0.15) is 20.8 Å². The van der Waals surface area contributed by atoms with Gasteiger partial charge in [-0.05, 0) is 18.2 Å². The summed E-state index contributed by atoms with van der Waals surface area (Å²) in [7, 11) is 1.25. The number of esters is 1. The van der Waals surface area contributed by atoms with Crippen LogP contribution in [0.15, 0.2) is 36.7 Å². The number of nitrogens with two attached hydrogens (primary N) is 1. The number of hydrogen-bond donors (Lipinski definition) is 1. The van der Waals surface area contributed by atoms with E-state index in [-0.39, 0.29) is 11.6 Å². The van der Waals surface area contributed by atoms with E-state index in [0.717, 1.165) is 0 Å². The molecule has 2 aromatic rings. The van der Waals surface area contributed by atoms with Crippen molar-refractivity contribution >= 4 is 11.9 Å². The lowest BCUT2D eigenvalue weighted by Gasteiger charge is -2.05. The van der Waals surface area contributed by atoms with Crippen molar-refractivity contribution in [2.75, 3.05) is 7.11 Å². The zero-order valence-corrected chi connectivity index (χ0v) is 10.6. The Labute approximate surface area is 114 Å². The fourth-order valence-electron chi connectivity index (χ4n) is 1.41. The molecule has 1 amide bonds. The Morgan fingerprint density at radius 1 is 1.20 bits per heavy atom. The minimum atomic E-state index is -0.584. The molecule has 1 aromatic heterocycles. The molecule has 102 valence electrons. The predicted octanol–water partition coefficient (Wildman–Crippen LogP) is 1.15. The molecule has 1 aromatic carbocycles. The Morgan fingerprint density at radius 2 is 2.00 bits per heavy atom. The number of methoxy groups -OCH3 is 1. The number of amides is 1. The third kappa shape index (κ3) is 3.08. The number of nitrogens with zero attached hydrogens (tertiary/aromatic N) is 2. The third-order valence-electron chi connectivity index (χ3n) is 2.36. The van der Waals surface area contributed by atoms with Gasteiger partial charge in [0.2, 0.25) is 11.8 Å². The van der Waals surface area contributed by atoms with E-state index in [4.69, 9.17) is 10.5 Å². The number of hydrogen-bond acceptors (Lipinski definition) is 6. The molecule has 0 atom stereocenters. The van der Waals surface area contributed by atoms with Crippen molar-refractivity contribution in [1.29, 1.82) is 0 Å². The minimum absolute atomic E-state index is 0.0748. The summed E-state index contributed by atoms with van der Waals surface area (Å²) in [5.74, 6) is -0.567. The highest BCUT2D eigenvalue weighted by molar-refractivity contribution is 5.93. The monoisotopic (exact) mass is 273 g/mol. The van der Waals surface area contributed by atoms with Gasteiger partial charge in [-0.15, -0.1) is 0 Å². The topological polar surface area (TPSA) is 104 Å². The van der Waals surface area contributed by atoms with Crippen molar-refractivity contribution in [3.63, 3.8) is 0 Å². The number of aromatic nitrogens is 2. The maximum absolute atomic E-state index is 11.2. The molecule has 7 nitrogen and oxygen atoms in total. The standard InChI is InChI=1S/C13H11N3O4/c1-19-13(18)10-6-16-11(7-15-10)20-9-4-2-3-8(5-9)12(14)17/h2-7H,1H3,(H2,14,17). The molecule has 0 aliphatic carbocycles. The van der Waals surface area contributed by atoms with Gasteiger partial charge in [0.1, 0.15) is 5.75 Å². The SMILES string of the molecule is COC(=O)c1cnc(Oc2cccc(C(N)=O)c2)cn1. The maximum atomic E-state index is 11.2. The highest BCUT2D eigenvalue weighted by atomic mass is 16.5. The van der Waals surface area contributed by atoms with Gasteiger partial charge in [-0.25, -0.2) is 14.8 Å². The Morgan fingerprint density at radius 3 is 2.60 bits per heavy atom. The van der Waals surface area contributed by atoms with E-state index in [9.17, 15) is 9.59 Å². The van der Waals surface area contributed by atoms with Crippen molar-refractivity contribution < 1.29 is 19.1 Å². The van der Waals surface area contributed by atoms with Crippen LogP contribution in [-0.4, -0.2) is 29.0 Å². The largest absolute Gasteiger partial charge is 0.464 e. The van der Waals surface area contributed by atoms with Crippen LogP contribution in [0.5, 0.6) is 11.6 Å². The van der Waals surface area contributed by atoms with Crippen molar-refractivity contribution in [1.82, 2.24) is 9.97 Å². The maximum Gasteiger partial charge on any atom is 0.358 e. The van der Waals surface area contributed by atoms with Crippen LogP contribution in [-0.2, 0) is 4.74 Å². The van der Waals surface area contributed by atoms with Gasteiger partial charge in [-0.3, -0.25) is 4.79 Å². The minimum Gasteiger partial charge on any atom is -0.464 e. The summed E-state index contributed by atoms with van der Waals surface area (Å²) < 4.78 is 9.91. The van der Waals surface area contributed by atoms with Crippen molar-refractivity contribution in [3.8, 4) is 11.6 Å². The van der Waals surface area contributed by atoms with E-state index in [1.165, 1.54) is 25.6 Å². The number of rotatable bonds is 4. The van der Waals surface area contributed by atoms with Gasteiger partial charge in [-0.2, -0.15) is 0 Å². The molecule has 2 N–H and O–H groups in total. The van der Waals surface area contributed by atoms with E-state index >= 15 is 0 Å². The molecule has 2 rings (SSSR count). The van der Waals surface area contributed by atoms with Crippen LogP contribution in [0, 0.1) is 0 Å². The highest BCUT2D eigenvalue weighted by Gasteiger charge is 2.09. The van der Waals surface area contributed by atoms with Gasteiger partial charge in [-0.1, -0.05) is 6.07 Å². The van der Waals surface area contributed by atoms with Gasteiger partial charge < -0.3 is 15.2 Å². The summed E-state index contributed by atoms with van der Waals surface area (Å²) in [4.78, 5) is 30.0. The van der Waals surface area contributed by atoms with Crippen LogP contribution in [0.4, 0.5) is 0 Å². The second-order valence-electron chi connectivity index (χ2n) is 3.73. The summed E-state index contributed by atoms with van der Waals surface area (Å²) >= 11 is 0. The first-order valence-corrected chi connectivity index (χ1v) is 5.58. The zero-order chi connectivity index (χ0) is 14.5.